The van der Waals surface area contributed by atoms with Gasteiger partial charge in [0, 0.05) is 0 Å². The molecule has 1 aliphatic heterocycles. The van der Waals surface area contributed by atoms with Crippen LogP contribution in [0.15, 0.2) is 12.7 Å². The van der Waals surface area contributed by atoms with Crippen LogP contribution in [0.25, 0.3) is 0 Å². The molecule has 0 amide bonds. The van der Waals surface area contributed by atoms with E-state index in [1.54, 1.807) is 6.08 Å². The van der Waals surface area contributed by atoms with Gasteiger partial charge in [0.2, 0.25) is 0 Å². The second kappa shape index (κ2) is 2.61. The third-order valence-corrected chi connectivity index (χ3v) is 2.19. The van der Waals surface area contributed by atoms with E-state index in [9.17, 15) is 0 Å². The van der Waals surface area contributed by atoms with Crippen molar-refractivity contribution in [3.05, 3.63) is 12.7 Å². The van der Waals surface area contributed by atoms with Crippen LogP contribution in [0.1, 0.15) is 27.2 Å². The molecule has 1 heterocycles. The molecule has 0 N–H and O–H groups in total. The molecule has 0 bridgehead atoms. The molecule has 2 nitrogen and oxygen atoms in total. The summed E-state index contributed by atoms with van der Waals surface area (Å²) in [6.07, 6.45) is 2.67. The normalized spacial score (nSPS) is 44.3. The summed E-state index contributed by atoms with van der Waals surface area (Å²) in [5.41, 5.74) is -0.287. The van der Waals surface area contributed by atoms with Gasteiger partial charge in [0.25, 0.3) is 0 Å². The molecule has 1 fully saturated rings. The Balaban J connectivity index is 2.66. The first-order valence-corrected chi connectivity index (χ1v) is 4.01. The molecule has 1 aliphatic rings. The molecule has 2 atom stereocenters. The third-order valence-electron chi connectivity index (χ3n) is 2.19. The third kappa shape index (κ3) is 1.63. The van der Waals surface area contributed by atoms with E-state index in [-0.39, 0.29) is 5.60 Å². The van der Waals surface area contributed by atoms with Crippen LogP contribution in [-0.2, 0) is 9.47 Å². The summed E-state index contributed by atoms with van der Waals surface area (Å²) in [6.45, 7) is 10.3. The van der Waals surface area contributed by atoms with Gasteiger partial charge in [-0.2, -0.15) is 0 Å². The van der Waals surface area contributed by atoms with E-state index < -0.39 is 5.79 Å². The lowest BCUT2D eigenvalue weighted by Crippen LogP contribution is -2.30. The van der Waals surface area contributed by atoms with Crippen molar-refractivity contribution in [3.63, 3.8) is 0 Å². The molecule has 0 aromatic heterocycles. The van der Waals surface area contributed by atoms with Crippen LogP contribution >= 0.6 is 0 Å². The van der Waals surface area contributed by atoms with Crippen LogP contribution < -0.4 is 0 Å². The first-order chi connectivity index (χ1) is 5.04. The van der Waals surface area contributed by atoms with E-state index in [1.807, 2.05) is 13.8 Å². The fourth-order valence-corrected chi connectivity index (χ4v) is 1.12. The summed E-state index contributed by atoms with van der Waals surface area (Å²) < 4.78 is 11.2. The van der Waals surface area contributed by atoms with E-state index in [1.165, 1.54) is 0 Å². The molecule has 11 heavy (non-hydrogen) atoms. The minimum absolute atomic E-state index is 0.287. The van der Waals surface area contributed by atoms with Crippen molar-refractivity contribution >= 4 is 0 Å². The highest BCUT2D eigenvalue weighted by molar-refractivity contribution is 4.98. The number of ether oxygens (including phenoxy) is 2. The summed E-state index contributed by atoms with van der Waals surface area (Å²) in [5, 5.41) is 0. The molecule has 0 saturated carbocycles. The molecular weight excluding hydrogens is 140 g/mol. The number of hydrogen-bond acceptors (Lipinski definition) is 2. The number of rotatable bonds is 2. The fraction of sp³-hybridized carbons (Fsp3) is 0.778. The largest absolute Gasteiger partial charge is 0.347 e. The maximum Gasteiger partial charge on any atom is 0.166 e. The standard InChI is InChI=1S/C9H16O2/c1-5-8(3)7-10-9(4,6-2)11-8/h5H,1,6-7H2,2-4H3. The highest BCUT2D eigenvalue weighted by Crippen LogP contribution is 2.33. The zero-order valence-electron chi connectivity index (χ0n) is 7.52. The van der Waals surface area contributed by atoms with Gasteiger partial charge < -0.3 is 9.47 Å². The predicted octanol–water partition coefficient (Wildman–Crippen LogP) is 2.10. The second-order valence-corrected chi connectivity index (χ2v) is 3.39. The number of hydrogen-bond donors (Lipinski definition) is 0. The van der Waals surface area contributed by atoms with Crippen molar-refractivity contribution in [2.24, 2.45) is 0 Å². The van der Waals surface area contributed by atoms with Crippen molar-refractivity contribution in [1.82, 2.24) is 0 Å². The van der Waals surface area contributed by atoms with Gasteiger partial charge in [0.15, 0.2) is 5.79 Å². The van der Waals surface area contributed by atoms with Crippen LogP contribution in [0, 0.1) is 0 Å². The predicted molar refractivity (Wildman–Crippen MR) is 44.3 cm³/mol. The van der Waals surface area contributed by atoms with Gasteiger partial charge in [0.05, 0.1) is 6.61 Å². The molecule has 1 saturated heterocycles. The maximum atomic E-state index is 5.69. The van der Waals surface area contributed by atoms with E-state index in [2.05, 4.69) is 13.5 Å². The molecule has 1 rings (SSSR count). The van der Waals surface area contributed by atoms with Crippen LogP contribution in [-0.4, -0.2) is 18.0 Å². The first kappa shape index (κ1) is 8.75. The van der Waals surface area contributed by atoms with Gasteiger partial charge >= 0.3 is 0 Å². The smallest absolute Gasteiger partial charge is 0.166 e. The SMILES string of the molecule is C=CC1(C)COC(C)(CC)O1. The Bertz CT molecular complexity index is 167. The van der Waals surface area contributed by atoms with E-state index in [0.29, 0.717) is 6.61 Å². The molecule has 64 valence electrons. The maximum absolute atomic E-state index is 5.69. The van der Waals surface area contributed by atoms with Crippen LogP contribution in [0.2, 0.25) is 0 Å². The lowest BCUT2D eigenvalue weighted by atomic mass is 10.1. The summed E-state index contributed by atoms with van der Waals surface area (Å²) in [6, 6.07) is 0. The highest BCUT2D eigenvalue weighted by atomic mass is 16.8. The molecule has 2 unspecified atom stereocenters. The second-order valence-electron chi connectivity index (χ2n) is 3.39. The lowest BCUT2D eigenvalue weighted by Gasteiger charge is -2.24. The van der Waals surface area contributed by atoms with Crippen LogP contribution in [0.3, 0.4) is 0 Å². The quantitative estimate of drug-likeness (QED) is 0.570. The Morgan fingerprint density at radius 2 is 2.18 bits per heavy atom. The molecule has 0 radical (unpaired) electrons. The summed E-state index contributed by atoms with van der Waals surface area (Å²) >= 11 is 0. The lowest BCUT2D eigenvalue weighted by molar-refractivity contribution is -0.164. The minimum atomic E-state index is -0.400. The summed E-state index contributed by atoms with van der Waals surface area (Å²) in [7, 11) is 0. The average molecular weight is 156 g/mol. The van der Waals surface area contributed by atoms with Crippen molar-refractivity contribution in [1.29, 1.82) is 0 Å². The zero-order chi connectivity index (χ0) is 8.54. The van der Waals surface area contributed by atoms with Gasteiger partial charge in [-0.3, -0.25) is 0 Å². The monoisotopic (exact) mass is 156 g/mol. The van der Waals surface area contributed by atoms with Crippen LogP contribution in [0.5, 0.6) is 0 Å². The molecule has 2 heteroatoms. The zero-order valence-corrected chi connectivity index (χ0v) is 7.52. The Kier molecular flexibility index (Phi) is 2.08. The molecule has 0 aliphatic carbocycles. The molecular formula is C9H16O2. The minimum Gasteiger partial charge on any atom is -0.347 e. The van der Waals surface area contributed by atoms with E-state index in [0.717, 1.165) is 6.42 Å². The van der Waals surface area contributed by atoms with Gasteiger partial charge in [-0.05, 0) is 20.3 Å². The topological polar surface area (TPSA) is 18.5 Å². The molecule has 0 aromatic rings. The average Bonchev–Trinajstić information content (AvgIpc) is 2.30. The van der Waals surface area contributed by atoms with E-state index in [4.69, 9.17) is 9.47 Å². The Morgan fingerprint density at radius 1 is 1.55 bits per heavy atom. The first-order valence-electron chi connectivity index (χ1n) is 4.01. The van der Waals surface area contributed by atoms with Gasteiger partial charge in [-0.25, -0.2) is 0 Å². The summed E-state index contributed by atoms with van der Waals surface area (Å²) in [4.78, 5) is 0. The van der Waals surface area contributed by atoms with Crippen molar-refractivity contribution in [2.75, 3.05) is 6.61 Å². The van der Waals surface area contributed by atoms with Crippen LogP contribution in [0.4, 0.5) is 0 Å². The van der Waals surface area contributed by atoms with Gasteiger partial charge in [-0.15, -0.1) is 6.58 Å². The Labute approximate surface area is 68.2 Å². The Morgan fingerprint density at radius 3 is 2.45 bits per heavy atom. The molecule has 0 aromatic carbocycles. The van der Waals surface area contributed by atoms with E-state index >= 15 is 0 Å². The highest BCUT2D eigenvalue weighted by Gasteiger charge is 2.41. The fourth-order valence-electron chi connectivity index (χ4n) is 1.12. The van der Waals surface area contributed by atoms with Crippen molar-refractivity contribution < 1.29 is 9.47 Å². The molecule has 0 spiro atoms. The van der Waals surface area contributed by atoms with Crippen molar-refractivity contribution in [3.8, 4) is 0 Å². The van der Waals surface area contributed by atoms with Crippen molar-refractivity contribution in [2.45, 2.75) is 38.6 Å². The summed E-state index contributed by atoms with van der Waals surface area (Å²) in [5.74, 6) is -0.400. The van der Waals surface area contributed by atoms with Gasteiger partial charge in [-0.1, -0.05) is 13.0 Å². The Hall–Kier alpha value is -0.340. The van der Waals surface area contributed by atoms with Gasteiger partial charge in [0.1, 0.15) is 5.60 Å².